The van der Waals surface area contributed by atoms with Crippen LogP contribution in [-0.2, 0) is 19.0 Å². The lowest BCUT2D eigenvalue weighted by molar-refractivity contribution is -0.176. The van der Waals surface area contributed by atoms with Crippen LogP contribution in [0.3, 0.4) is 0 Å². The fraction of sp³-hybridized carbons (Fsp3) is 0.458. The molecule has 0 spiro atoms. The van der Waals surface area contributed by atoms with Gasteiger partial charge in [0.05, 0.1) is 25.9 Å². The second-order valence-corrected chi connectivity index (χ2v) is 7.85. The molecule has 1 saturated heterocycles. The van der Waals surface area contributed by atoms with Gasteiger partial charge in [0.25, 0.3) is 0 Å². The zero-order valence-electron chi connectivity index (χ0n) is 18.0. The Morgan fingerprint density at radius 2 is 2.00 bits per heavy atom. The largest absolute Gasteiger partial charge is 0.454 e. The average molecular weight is 427 g/mol. The van der Waals surface area contributed by atoms with E-state index in [-0.39, 0.29) is 36.9 Å². The van der Waals surface area contributed by atoms with Gasteiger partial charge in [0.1, 0.15) is 12.3 Å². The number of nitrogens with zero attached hydrogens (tertiary/aromatic N) is 1. The summed E-state index contributed by atoms with van der Waals surface area (Å²) in [5.41, 5.74) is 2.52. The highest BCUT2D eigenvalue weighted by molar-refractivity contribution is 5.95. The van der Waals surface area contributed by atoms with Gasteiger partial charge in [-0.3, -0.25) is 4.79 Å². The highest BCUT2D eigenvalue weighted by Gasteiger charge is 2.48. The second-order valence-electron chi connectivity index (χ2n) is 7.85. The summed E-state index contributed by atoms with van der Waals surface area (Å²) in [5, 5.41) is 0. The number of hydrogen-bond acceptors (Lipinski definition) is 7. The molecule has 1 fully saturated rings. The molecule has 3 heterocycles. The molecular formula is C24H29NO6. The van der Waals surface area contributed by atoms with Crippen molar-refractivity contribution in [1.29, 1.82) is 0 Å². The van der Waals surface area contributed by atoms with Crippen molar-refractivity contribution in [3.63, 3.8) is 0 Å². The van der Waals surface area contributed by atoms with Crippen LogP contribution in [0, 0.1) is 5.92 Å². The number of Topliss-reactive ketones (excluding diaryl/α,β-unsaturated/α-hetero) is 1. The molecule has 2 bridgehead atoms. The highest BCUT2D eigenvalue weighted by Crippen LogP contribution is 2.45. The van der Waals surface area contributed by atoms with Gasteiger partial charge in [-0.15, -0.1) is 13.2 Å². The molecule has 3 aliphatic heterocycles. The fourth-order valence-corrected chi connectivity index (χ4v) is 4.72. The van der Waals surface area contributed by atoms with Gasteiger partial charge in [-0.25, -0.2) is 0 Å². The third-order valence-corrected chi connectivity index (χ3v) is 5.90. The summed E-state index contributed by atoms with van der Waals surface area (Å²) < 4.78 is 29.3. The Labute approximate surface area is 182 Å². The van der Waals surface area contributed by atoms with E-state index in [1.54, 1.807) is 19.1 Å². The van der Waals surface area contributed by atoms with Gasteiger partial charge in [-0.2, -0.15) is 0 Å². The van der Waals surface area contributed by atoms with Gasteiger partial charge in [0, 0.05) is 35.4 Å². The number of ketones is 1. The molecule has 0 aromatic heterocycles. The Balaban J connectivity index is 1.72. The SMILES string of the molecule is C=CCOC[C@H]1OC2CC(C(C(C)=O)=C(C)N2c2ccc3c(c2)OCO3)[C@@H]1OCC=C. The van der Waals surface area contributed by atoms with Crippen LogP contribution in [0.1, 0.15) is 20.3 Å². The van der Waals surface area contributed by atoms with Crippen LogP contribution in [0.25, 0.3) is 0 Å². The molecular weight excluding hydrogens is 398 g/mol. The maximum Gasteiger partial charge on any atom is 0.231 e. The monoisotopic (exact) mass is 427 g/mol. The first kappa shape index (κ1) is 21.6. The van der Waals surface area contributed by atoms with Crippen LogP contribution >= 0.6 is 0 Å². The van der Waals surface area contributed by atoms with Crippen molar-refractivity contribution in [3.05, 3.63) is 54.8 Å². The van der Waals surface area contributed by atoms with Crippen molar-refractivity contribution in [2.45, 2.75) is 38.7 Å². The summed E-state index contributed by atoms with van der Waals surface area (Å²) in [6.45, 7) is 12.4. The predicted molar refractivity (Wildman–Crippen MR) is 116 cm³/mol. The van der Waals surface area contributed by atoms with E-state index in [9.17, 15) is 4.79 Å². The molecule has 7 nitrogen and oxygen atoms in total. The summed E-state index contributed by atoms with van der Waals surface area (Å²) in [7, 11) is 0. The number of benzene rings is 1. The van der Waals surface area contributed by atoms with E-state index < -0.39 is 0 Å². The number of rotatable bonds is 9. The molecule has 31 heavy (non-hydrogen) atoms. The highest BCUT2D eigenvalue weighted by atomic mass is 16.7. The molecule has 3 aliphatic rings. The summed E-state index contributed by atoms with van der Waals surface area (Å²) >= 11 is 0. The van der Waals surface area contributed by atoms with E-state index in [1.807, 2.05) is 25.1 Å². The van der Waals surface area contributed by atoms with Gasteiger partial charge in [-0.05, 0) is 26.0 Å². The van der Waals surface area contributed by atoms with Crippen molar-refractivity contribution in [3.8, 4) is 11.5 Å². The number of carbonyl (C=O) groups excluding carboxylic acids is 1. The molecule has 2 unspecified atom stereocenters. The Kier molecular flexibility index (Phi) is 6.46. The van der Waals surface area contributed by atoms with Crippen molar-refractivity contribution < 1.29 is 28.5 Å². The molecule has 166 valence electrons. The van der Waals surface area contributed by atoms with Gasteiger partial charge in [0.2, 0.25) is 6.79 Å². The molecule has 0 aliphatic carbocycles. The summed E-state index contributed by atoms with van der Waals surface area (Å²) in [6, 6.07) is 5.77. The lowest BCUT2D eigenvalue weighted by atomic mass is 9.78. The topological polar surface area (TPSA) is 66.5 Å². The standard InChI is InChI=1S/C24H29NO6/c1-5-9-27-13-21-24(28-10-6-2)18-12-22(31-21)25(15(3)23(18)16(4)26)17-7-8-19-20(11-17)30-14-29-19/h5-8,11,18,21-22,24H,1-2,9-10,12-14H2,3-4H3/t18?,21-,22?,24+/m1/s1. The first-order chi connectivity index (χ1) is 15.0. The van der Waals surface area contributed by atoms with Crippen LogP contribution in [0.5, 0.6) is 11.5 Å². The van der Waals surface area contributed by atoms with Gasteiger partial charge in [0.15, 0.2) is 17.3 Å². The third kappa shape index (κ3) is 4.13. The second kappa shape index (κ2) is 9.26. The number of allylic oxidation sites excluding steroid dienone is 1. The molecule has 1 aromatic rings. The number of anilines is 1. The van der Waals surface area contributed by atoms with Gasteiger partial charge >= 0.3 is 0 Å². The maximum atomic E-state index is 12.8. The van der Waals surface area contributed by atoms with Crippen LogP contribution in [0.2, 0.25) is 0 Å². The Bertz CT molecular complexity index is 894. The number of ether oxygens (including phenoxy) is 5. The molecule has 0 N–H and O–H groups in total. The molecule has 0 saturated carbocycles. The maximum absolute atomic E-state index is 12.8. The zero-order valence-corrected chi connectivity index (χ0v) is 18.0. The van der Waals surface area contributed by atoms with E-state index in [0.29, 0.717) is 37.7 Å². The van der Waals surface area contributed by atoms with Crippen LogP contribution in [0.4, 0.5) is 5.69 Å². The summed E-state index contributed by atoms with van der Waals surface area (Å²) in [5.74, 6) is 1.35. The lowest BCUT2D eigenvalue weighted by Gasteiger charge is -2.50. The van der Waals surface area contributed by atoms with Crippen molar-refractivity contribution in [1.82, 2.24) is 0 Å². The van der Waals surface area contributed by atoms with Crippen LogP contribution in [0.15, 0.2) is 54.8 Å². The number of fused-ring (bicyclic) bond motifs is 3. The van der Waals surface area contributed by atoms with Crippen LogP contribution < -0.4 is 14.4 Å². The molecule has 0 radical (unpaired) electrons. The van der Waals surface area contributed by atoms with Crippen molar-refractivity contribution >= 4 is 11.5 Å². The fourth-order valence-electron chi connectivity index (χ4n) is 4.72. The van der Waals surface area contributed by atoms with E-state index in [2.05, 4.69) is 18.1 Å². The minimum atomic E-state index is -0.331. The molecule has 4 atom stereocenters. The lowest BCUT2D eigenvalue weighted by Crippen LogP contribution is -2.58. The van der Waals surface area contributed by atoms with E-state index in [1.165, 1.54) is 0 Å². The number of carbonyl (C=O) groups is 1. The van der Waals surface area contributed by atoms with Crippen molar-refractivity contribution in [2.24, 2.45) is 5.92 Å². The zero-order chi connectivity index (χ0) is 22.0. The minimum Gasteiger partial charge on any atom is -0.454 e. The first-order valence-corrected chi connectivity index (χ1v) is 10.5. The summed E-state index contributed by atoms with van der Waals surface area (Å²) in [4.78, 5) is 14.8. The average Bonchev–Trinajstić information content (AvgIpc) is 3.21. The third-order valence-electron chi connectivity index (χ3n) is 5.90. The Morgan fingerprint density at radius 1 is 1.23 bits per heavy atom. The molecule has 4 rings (SSSR count). The van der Waals surface area contributed by atoms with E-state index >= 15 is 0 Å². The number of hydrogen-bond donors (Lipinski definition) is 0. The van der Waals surface area contributed by atoms with Gasteiger partial charge in [-0.1, -0.05) is 12.2 Å². The Hall–Kier alpha value is -2.61. The smallest absolute Gasteiger partial charge is 0.231 e. The van der Waals surface area contributed by atoms with Gasteiger partial charge < -0.3 is 28.6 Å². The molecule has 0 amide bonds. The Morgan fingerprint density at radius 3 is 2.74 bits per heavy atom. The van der Waals surface area contributed by atoms with Crippen molar-refractivity contribution in [2.75, 3.05) is 31.5 Å². The van der Waals surface area contributed by atoms with E-state index in [4.69, 9.17) is 23.7 Å². The molecule has 7 heteroatoms. The normalized spacial score (nSPS) is 26.7. The van der Waals surface area contributed by atoms with E-state index in [0.717, 1.165) is 17.0 Å². The van der Waals surface area contributed by atoms with Crippen LogP contribution in [-0.4, -0.2) is 50.8 Å². The summed E-state index contributed by atoms with van der Waals surface area (Å²) in [6.07, 6.45) is 3.16. The molecule has 1 aromatic carbocycles. The minimum absolute atomic E-state index is 0.0338. The first-order valence-electron chi connectivity index (χ1n) is 10.5. The predicted octanol–water partition coefficient (Wildman–Crippen LogP) is 3.60. The quantitative estimate of drug-likeness (QED) is 0.441.